The zero-order valence-electron chi connectivity index (χ0n) is 13.7. The highest BCUT2D eigenvalue weighted by molar-refractivity contribution is 6.29. The summed E-state index contributed by atoms with van der Waals surface area (Å²) < 4.78 is 0. The Morgan fingerprint density at radius 2 is 1.96 bits per heavy atom. The van der Waals surface area contributed by atoms with Crippen molar-refractivity contribution in [3.05, 3.63) is 64.6 Å². The van der Waals surface area contributed by atoms with Gasteiger partial charge in [0.2, 0.25) is 0 Å². The third kappa shape index (κ3) is 3.11. The van der Waals surface area contributed by atoms with Crippen LogP contribution in [0.15, 0.2) is 42.6 Å². The van der Waals surface area contributed by atoms with Crippen LogP contribution in [-0.2, 0) is 0 Å². The molecule has 0 radical (unpaired) electrons. The van der Waals surface area contributed by atoms with E-state index in [4.69, 9.17) is 11.6 Å². The van der Waals surface area contributed by atoms with Crippen LogP contribution in [0.1, 0.15) is 35.6 Å². The fourth-order valence-electron chi connectivity index (χ4n) is 2.98. The molecule has 1 aliphatic rings. The molecule has 1 fully saturated rings. The van der Waals surface area contributed by atoms with Crippen LogP contribution in [0.4, 0.5) is 0 Å². The van der Waals surface area contributed by atoms with Crippen LogP contribution >= 0.6 is 11.6 Å². The molecule has 0 unspecified atom stereocenters. The fraction of sp³-hybridized carbons (Fsp3) is 0.200. The average Bonchev–Trinajstić information content (AvgIpc) is 3.46. The molecule has 122 valence electrons. The minimum absolute atomic E-state index is 0.491. The number of hydrogen-bond acceptors (Lipinski definition) is 4. The van der Waals surface area contributed by atoms with E-state index in [0.29, 0.717) is 16.6 Å². The van der Waals surface area contributed by atoms with Crippen LogP contribution in [0.2, 0.25) is 5.15 Å². The number of hydrogen-bond donors (Lipinski definition) is 0. The number of pyridine rings is 1. The molecule has 0 N–H and O–H groups in total. The van der Waals surface area contributed by atoms with Gasteiger partial charge in [0.05, 0.1) is 17.3 Å². The lowest BCUT2D eigenvalue weighted by Gasteiger charge is -2.13. The smallest absolute Gasteiger partial charge is 0.129 e. The molecule has 25 heavy (non-hydrogen) atoms. The van der Waals surface area contributed by atoms with Gasteiger partial charge in [0.15, 0.2) is 0 Å². The number of rotatable bonds is 3. The molecule has 0 bridgehead atoms. The van der Waals surface area contributed by atoms with Gasteiger partial charge >= 0.3 is 0 Å². The molecule has 4 rings (SSSR count). The van der Waals surface area contributed by atoms with Gasteiger partial charge in [-0.15, -0.1) is 0 Å². The highest BCUT2D eigenvalue weighted by Crippen LogP contribution is 2.42. The monoisotopic (exact) mass is 346 g/mol. The van der Waals surface area contributed by atoms with Gasteiger partial charge in [-0.2, -0.15) is 15.5 Å². The Hall–Kier alpha value is -2.77. The molecular weight excluding hydrogens is 332 g/mol. The SMILES string of the molecule is Cc1ccnnc1-c1cc(C#N)ccc1-c1cc(Cl)nc(C2CC2)c1. The maximum atomic E-state index is 9.29. The van der Waals surface area contributed by atoms with Crippen molar-refractivity contribution in [3.8, 4) is 28.5 Å². The molecule has 0 aliphatic heterocycles. The highest BCUT2D eigenvalue weighted by Gasteiger charge is 2.26. The topological polar surface area (TPSA) is 62.5 Å². The Kier molecular flexibility index (Phi) is 3.95. The van der Waals surface area contributed by atoms with E-state index in [0.717, 1.165) is 46.5 Å². The summed E-state index contributed by atoms with van der Waals surface area (Å²) in [5.74, 6) is 0.512. The van der Waals surface area contributed by atoms with Gasteiger partial charge in [-0.05, 0) is 66.8 Å². The number of benzene rings is 1. The van der Waals surface area contributed by atoms with Crippen molar-refractivity contribution in [1.29, 1.82) is 5.26 Å². The molecule has 1 aromatic carbocycles. The number of nitriles is 1. The molecule has 0 saturated heterocycles. The van der Waals surface area contributed by atoms with Gasteiger partial charge in [0.1, 0.15) is 5.15 Å². The summed E-state index contributed by atoms with van der Waals surface area (Å²) in [7, 11) is 0. The van der Waals surface area contributed by atoms with Crippen molar-refractivity contribution in [2.75, 3.05) is 0 Å². The van der Waals surface area contributed by atoms with Gasteiger partial charge in [0, 0.05) is 23.4 Å². The van der Waals surface area contributed by atoms with Crippen molar-refractivity contribution < 1.29 is 0 Å². The van der Waals surface area contributed by atoms with Gasteiger partial charge < -0.3 is 0 Å². The first-order valence-electron chi connectivity index (χ1n) is 8.16. The quantitative estimate of drug-likeness (QED) is 0.632. The number of aromatic nitrogens is 3. The Morgan fingerprint density at radius 3 is 2.68 bits per heavy atom. The van der Waals surface area contributed by atoms with E-state index >= 15 is 0 Å². The zero-order valence-corrected chi connectivity index (χ0v) is 14.5. The minimum atomic E-state index is 0.491. The summed E-state index contributed by atoms with van der Waals surface area (Å²) in [6, 6.07) is 13.7. The van der Waals surface area contributed by atoms with Crippen molar-refractivity contribution in [1.82, 2.24) is 15.2 Å². The third-order valence-corrected chi connectivity index (χ3v) is 4.64. The Bertz CT molecular complexity index is 1000. The molecule has 5 heteroatoms. The minimum Gasteiger partial charge on any atom is -0.241 e. The maximum absolute atomic E-state index is 9.29. The van der Waals surface area contributed by atoms with Crippen LogP contribution in [0.25, 0.3) is 22.4 Å². The summed E-state index contributed by atoms with van der Waals surface area (Å²) in [6.07, 6.45) is 3.99. The van der Waals surface area contributed by atoms with Crippen LogP contribution < -0.4 is 0 Å². The molecular formula is C20H15ClN4. The van der Waals surface area contributed by atoms with Crippen LogP contribution in [-0.4, -0.2) is 15.2 Å². The number of aryl methyl sites for hydroxylation is 1. The molecule has 3 aromatic rings. The van der Waals surface area contributed by atoms with E-state index in [1.54, 1.807) is 6.20 Å². The summed E-state index contributed by atoms with van der Waals surface area (Å²) in [4.78, 5) is 4.46. The Balaban J connectivity index is 1.94. The van der Waals surface area contributed by atoms with Crippen molar-refractivity contribution in [3.63, 3.8) is 0 Å². The summed E-state index contributed by atoms with van der Waals surface area (Å²) in [5, 5.41) is 18.1. The van der Waals surface area contributed by atoms with E-state index in [2.05, 4.69) is 27.3 Å². The first-order chi connectivity index (χ1) is 12.2. The lowest BCUT2D eigenvalue weighted by Crippen LogP contribution is -1.96. The molecule has 2 heterocycles. The lowest BCUT2D eigenvalue weighted by molar-refractivity contribution is 1.02. The van der Waals surface area contributed by atoms with Gasteiger partial charge in [-0.1, -0.05) is 17.7 Å². The second-order valence-corrected chi connectivity index (χ2v) is 6.70. The predicted molar refractivity (Wildman–Crippen MR) is 97.1 cm³/mol. The normalized spacial score (nSPS) is 13.5. The fourth-order valence-corrected chi connectivity index (χ4v) is 3.20. The first-order valence-corrected chi connectivity index (χ1v) is 8.54. The molecule has 1 aliphatic carbocycles. The van der Waals surface area contributed by atoms with E-state index in [-0.39, 0.29) is 0 Å². The van der Waals surface area contributed by atoms with Gasteiger partial charge in [-0.25, -0.2) is 4.98 Å². The van der Waals surface area contributed by atoms with Crippen molar-refractivity contribution in [2.45, 2.75) is 25.7 Å². The summed E-state index contributed by atoms with van der Waals surface area (Å²) in [6.45, 7) is 1.99. The Labute approximate surface area is 151 Å². The molecule has 0 amide bonds. The van der Waals surface area contributed by atoms with Gasteiger partial charge in [0.25, 0.3) is 0 Å². The van der Waals surface area contributed by atoms with Crippen molar-refractivity contribution in [2.24, 2.45) is 0 Å². The van der Waals surface area contributed by atoms with E-state index in [1.165, 1.54) is 0 Å². The number of halogens is 1. The van der Waals surface area contributed by atoms with E-state index in [1.807, 2.05) is 37.3 Å². The van der Waals surface area contributed by atoms with Crippen LogP contribution in [0, 0.1) is 18.3 Å². The summed E-state index contributed by atoms with van der Waals surface area (Å²) in [5.41, 5.74) is 6.26. The van der Waals surface area contributed by atoms with Gasteiger partial charge in [-0.3, -0.25) is 0 Å². The second kappa shape index (κ2) is 6.27. The second-order valence-electron chi connectivity index (χ2n) is 6.31. The van der Waals surface area contributed by atoms with Crippen LogP contribution in [0.5, 0.6) is 0 Å². The molecule has 0 spiro atoms. The predicted octanol–water partition coefficient (Wildman–Crippen LogP) is 4.92. The molecule has 2 aromatic heterocycles. The molecule has 4 nitrogen and oxygen atoms in total. The molecule has 0 atom stereocenters. The summed E-state index contributed by atoms with van der Waals surface area (Å²) >= 11 is 6.27. The number of nitrogens with zero attached hydrogens (tertiary/aromatic N) is 4. The highest BCUT2D eigenvalue weighted by atomic mass is 35.5. The molecule has 1 saturated carbocycles. The standard InChI is InChI=1S/C20H15ClN4/c1-12-6-7-23-25-20(12)17-8-13(11-22)2-5-16(17)15-9-18(14-3-4-14)24-19(21)10-15/h2,5-10,14H,3-4H2,1H3. The maximum Gasteiger partial charge on any atom is 0.129 e. The Morgan fingerprint density at radius 1 is 1.12 bits per heavy atom. The first kappa shape index (κ1) is 15.7. The average molecular weight is 347 g/mol. The van der Waals surface area contributed by atoms with E-state index < -0.39 is 0 Å². The zero-order chi connectivity index (χ0) is 17.4. The van der Waals surface area contributed by atoms with E-state index in [9.17, 15) is 5.26 Å². The lowest BCUT2D eigenvalue weighted by atomic mass is 9.94. The van der Waals surface area contributed by atoms with Crippen LogP contribution in [0.3, 0.4) is 0 Å². The third-order valence-electron chi connectivity index (χ3n) is 4.45. The van der Waals surface area contributed by atoms with Crippen molar-refractivity contribution >= 4 is 11.6 Å². The largest absolute Gasteiger partial charge is 0.241 e.